The number of nitriles is 1. The lowest BCUT2D eigenvalue weighted by Crippen LogP contribution is -2.40. The highest BCUT2D eigenvalue weighted by molar-refractivity contribution is 7.90. The van der Waals surface area contributed by atoms with Gasteiger partial charge in [0.1, 0.15) is 0 Å². The Bertz CT molecular complexity index is 371. The van der Waals surface area contributed by atoms with Gasteiger partial charge in [0.05, 0.1) is 12.5 Å². The first-order valence-electron chi connectivity index (χ1n) is 4.96. The quantitative estimate of drug-likeness (QED) is 0.680. The second-order valence-corrected chi connectivity index (χ2v) is 5.55. The molecule has 0 rings (SSSR count). The number of carboxylic acid groups (broad SMARTS) is 1. The van der Waals surface area contributed by atoms with Crippen molar-refractivity contribution in [2.24, 2.45) is 0 Å². The molecule has 7 heteroatoms. The van der Waals surface area contributed by atoms with Crippen LogP contribution in [-0.2, 0) is 14.8 Å². The van der Waals surface area contributed by atoms with Gasteiger partial charge in [-0.05, 0) is 13.3 Å². The van der Waals surface area contributed by atoms with Crippen molar-refractivity contribution >= 4 is 16.0 Å². The van der Waals surface area contributed by atoms with Crippen molar-refractivity contribution < 1.29 is 18.3 Å². The first kappa shape index (κ1) is 14.9. The maximum absolute atomic E-state index is 11.5. The molecule has 16 heavy (non-hydrogen) atoms. The van der Waals surface area contributed by atoms with Crippen molar-refractivity contribution in [3.8, 4) is 6.07 Å². The van der Waals surface area contributed by atoms with E-state index in [4.69, 9.17) is 10.4 Å². The van der Waals surface area contributed by atoms with Crippen molar-refractivity contribution in [1.82, 2.24) is 4.72 Å². The molecule has 2 atom stereocenters. The Morgan fingerprint density at radius 1 is 1.56 bits per heavy atom. The van der Waals surface area contributed by atoms with Gasteiger partial charge in [0, 0.05) is 6.04 Å². The average molecular weight is 248 g/mol. The predicted octanol–water partition coefficient (Wildman–Crippen LogP) is 0.461. The van der Waals surface area contributed by atoms with E-state index in [0.717, 1.165) is 0 Å². The molecule has 2 unspecified atom stereocenters. The van der Waals surface area contributed by atoms with Crippen molar-refractivity contribution in [2.75, 3.05) is 0 Å². The van der Waals surface area contributed by atoms with Crippen molar-refractivity contribution in [1.29, 1.82) is 5.26 Å². The second-order valence-electron chi connectivity index (χ2n) is 3.52. The summed E-state index contributed by atoms with van der Waals surface area (Å²) in [5.41, 5.74) is 0. The lowest BCUT2D eigenvalue weighted by atomic mass is 10.1. The Morgan fingerprint density at radius 3 is 2.50 bits per heavy atom. The molecular weight excluding hydrogens is 232 g/mol. The highest BCUT2D eigenvalue weighted by atomic mass is 32.2. The molecule has 0 amide bonds. The summed E-state index contributed by atoms with van der Waals surface area (Å²) in [5.74, 6) is -1.06. The summed E-state index contributed by atoms with van der Waals surface area (Å²) in [7, 11) is -3.75. The molecule has 0 spiro atoms. The molecule has 0 bridgehead atoms. The van der Waals surface area contributed by atoms with Crippen LogP contribution in [0.3, 0.4) is 0 Å². The van der Waals surface area contributed by atoms with E-state index in [1.807, 2.05) is 6.92 Å². The van der Waals surface area contributed by atoms with Crippen LogP contribution in [0, 0.1) is 11.3 Å². The molecule has 0 aliphatic rings. The summed E-state index contributed by atoms with van der Waals surface area (Å²) in [6.45, 7) is 3.09. The van der Waals surface area contributed by atoms with Gasteiger partial charge in [-0.3, -0.25) is 4.79 Å². The zero-order chi connectivity index (χ0) is 12.8. The summed E-state index contributed by atoms with van der Waals surface area (Å²) in [5, 5.41) is 15.9. The molecule has 0 saturated carbocycles. The average Bonchev–Trinajstić information content (AvgIpc) is 2.15. The van der Waals surface area contributed by atoms with Gasteiger partial charge < -0.3 is 5.11 Å². The van der Waals surface area contributed by atoms with Crippen LogP contribution >= 0.6 is 0 Å². The number of carbonyl (C=O) groups is 1. The van der Waals surface area contributed by atoms with Crippen LogP contribution in [-0.4, -0.2) is 30.8 Å². The molecule has 0 aliphatic carbocycles. The Balaban J connectivity index is 4.63. The topological polar surface area (TPSA) is 107 Å². The highest BCUT2D eigenvalue weighted by Crippen LogP contribution is 2.06. The van der Waals surface area contributed by atoms with Crippen LogP contribution in [0.25, 0.3) is 0 Å². The zero-order valence-corrected chi connectivity index (χ0v) is 10.1. The first-order valence-corrected chi connectivity index (χ1v) is 6.50. The van der Waals surface area contributed by atoms with Gasteiger partial charge in [-0.1, -0.05) is 13.3 Å². The maximum atomic E-state index is 11.5. The summed E-state index contributed by atoms with van der Waals surface area (Å²) >= 11 is 0. The molecule has 92 valence electrons. The summed E-state index contributed by atoms with van der Waals surface area (Å²) < 4.78 is 25.2. The molecule has 0 fully saturated rings. The monoisotopic (exact) mass is 248 g/mol. The molecule has 6 nitrogen and oxygen atoms in total. The van der Waals surface area contributed by atoms with Crippen LogP contribution in [0.1, 0.15) is 33.1 Å². The third-order valence-electron chi connectivity index (χ3n) is 2.04. The second kappa shape index (κ2) is 6.45. The van der Waals surface area contributed by atoms with E-state index in [2.05, 4.69) is 4.72 Å². The van der Waals surface area contributed by atoms with Gasteiger partial charge >= 0.3 is 5.97 Å². The predicted molar refractivity (Wildman–Crippen MR) is 58.1 cm³/mol. The van der Waals surface area contributed by atoms with Crippen LogP contribution < -0.4 is 4.72 Å². The third-order valence-corrected chi connectivity index (χ3v) is 3.73. The Morgan fingerprint density at radius 2 is 2.12 bits per heavy atom. The van der Waals surface area contributed by atoms with Crippen LogP contribution in [0.2, 0.25) is 0 Å². The zero-order valence-electron chi connectivity index (χ0n) is 9.30. The number of nitrogens with one attached hydrogen (secondary N) is 1. The van der Waals surface area contributed by atoms with Gasteiger partial charge in [0.2, 0.25) is 10.0 Å². The Hall–Kier alpha value is -1.13. The van der Waals surface area contributed by atoms with E-state index in [0.29, 0.717) is 12.8 Å². The molecule has 0 aliphatic heterocycles. The van der Waals surface area contributed by atoms with E-state index in [1.165, 1.54) is 6.92 Å². The van der Waals surface area contributed by atoms with Crippen molar-refractivity contribution in [2.45, 2.75) is 44.4 Å². The maximum Gasteiger partial charge on any atom is 0.304 e. The molecule has 0 aromatic rings. The van der Waals surface area contributed by atoms with Crippen molar-refractivity contribution in [3.05, 3.63) is 0 Å². The van der Waals surface area contributed by atoms with Crippen LogP contribution in [0.4, 0.5) is 0 Å². The van der Waals surface area contributed by atoms with Gasteiger partial charge in [0.15, 0.2) is 5.25 Å². The van der Waals surface area contributed by atoms with Crippen LogP contribution in [0.5, 0.6) is 0 Å². The normalized spacial score (nSPS) is 15.1. The largest absolute Gasteiger partial charge is 0.481 e. The van der Waals surface area contributed by atoms with E-state index in [9.17, 15) is 13.2 Å². The highest BCUT2D eigenvalue weighted by Gasteiger charge is 2.25. The minimum atomic E-state index is -3.75. The van der Waals surface area contributed by atoms with E-state index >= 15 is 0 Å². The minimum Gasteiger partial charge on any atom is -0.481 e. The lowest BCUT2D eigenvalue weighted by molar-refractivity contribution is -0.137. The first-order chi connectivity index (χ1) is 7.33. The number of carboxylic acids is 1. The Labute approximate surface area is 95.3 Å². The third kappa shape index (κ3) is 5.09. The molecule has 0 aromatic heterocycles. The lowest BCUT2D eigenvalue weighted by Gasteiger charge is -2.16. The van der Waals surface area contributed by atoms with Gasteiger partial charge in [0.25, 0.3) is 0 Å². The molecule has 2 N–H and O–H groups in total. The van der Waals surface area contributed by atoms with Gasteiger partial charge in [-0.25, -0.2) is 13.1 Å². The number of nitrogens with zero attached hydrogens (tertiary/aromatic N) is 1. The summed E-state index contributed by atoms with van der Waals surface area (Å²) in [4.78, 5) is 10.5. The summed E-state index contributed by atoms with van der Waals surface area (Å²) in [6.07, 6.45) is 0.830. The standard InChI is InChI=1S/C9H16N2O4S/c1-3-4-8(5-9(12)13)11-16(14,15)7(2)6-10/h7-8,11H,3-5H2,1-2H3,(H,12,13). The number of sulfonamides is 1. The van der Waals surface area contributed by atoms with E-state index in [1.54, 1.807) is 6.07 Å². The van der Waals surface area contributed by atoms with Crippen LogP contribution in [0.15, 0.2) is 0 Å². The fraction of sp³-hybridized carbons (Fsp3) is 0.778. The molecule has 0 aromatic carbocycles. The summed E-state index contributed by atoms with van der Waals surface area (Å²) in [6, 6.07) is 0.958. The fourth-order valence-corrected chi connectivity index (χ4v) is 2.17. The number of hydrogen-bond donors (Lipinski definition) is 2. The van der Waals surface area contributed by atoms with E-state index in [-0.39, 0.29) is 6.42 Å². The number of rotatable bonds is 7. The Kier molecular flexibility index (Phi) is 6.00. The number of hydrogen-bond acceptors (Lipinski definition) is 4. The van der Waals surface area contributed by atoms with Crippen molar-refractivity contribution in [3.63, 3.8) is 0 Å². The molecule has 0 radical (unpaired) electrons. The number of aliphatic carboxylic acids is 1. The van der Waals surface area contributed by atoms with E-state index < -0.39 is 27.3 Å². The van der Waals surface area contributed by atoms with Gasteiger partial charge in [-0.15, -0.1) is 0 Å². The SMILES string of the molecule is CCCC(CC(=O)O)NS(=O)(=O)C(C)C#N. The molecular formula is C9H16N2O4S. The minimum absolute atomic E-state index is 0.273. The smallest absolute Gasteiger partial charge is 0.304 e. The molecule has 0 saturated heterocycles. The molecule has 0 heterocycles. The van der Waals surface area contributed by atoms with Gasteiger partial charge in [-0.2, -0.15) is 5.26 Å². The fourth-order valence-electron chi connectivity index (χ4n) is 1.17.